The fourth-order valence-electron chi connectivity index (χ4n) is 5.00. The van der Waals surface area contributed by atoms with Crippen molar-refractivity contribution in [1.29, 1.82) is 0 Å². The predicted molar refractivity (Wildman–Crippen MR) is 118 cm³/mol. The van der Waals surface area contributed by atoms with Gasteiger partial charge < -0.3 is 9.80 Å². The molecule has 2 aromatic carbocycles. The van der Waals surface area contributed by atoms with Crippen LogP contribution in [0.5, 0.6) is 0 Å². The van der Waals surface area contributed by atoms with Gasteiger partial charge in [0.05, 0.1) is 29.9 Å². The number of hydrogen-bond acceptors (Lipinski definition) is 3. The van der Waals surface area contributed by atoms with Crippen LogP contribution in [0.15, 0.2) is 54.6 Å². The molecule has 2 aliphatic heterocycles. The Labute approximate surface area is 186 Å². The van der Waals surface area contributed by atoms with Gasteiger partial charge >= 0.3 is 0 Å². The summed E-state index contributed by atoms with van der Waals surface area (Å²) in [4.78, 5) is 30.1. The molecule has 7 heteroatoms. The van der Waals surface area contributed by atoms with Gasteiger partial charge in [0.15, 0.2) is 0 Å². The van der Waals surface area contributed by atoms with Gasteiger partial charge in [0.2, 0.25) is 5.91 Å². The van der Waals surface area contributed by atoms with Crippen LogP contribution in [0.2, 0.25) is 0 Å². The van der Waals surface area contributed by atoms with E-state index in [2.05, 4.69) is 5.10 Å². The maximum absolute atomic E-state index is 13.5. The summed E-state index contributed by atoms with van der Waals surface area (Å²) in [6.07, 6.45) is 0.978. The van der Waals surface area contributed by atoms with E-state index >= 15 is 0 Å². The molecule has 6 nitrogen and oxygen atoms in total. The second-order valence-electron chi connectivity index (χ2n) is 8.57. The number of aromatic nitrogens is 2. The molecular formula is C25H25FN4O2. The van der Waals surface area contributed by atoms with Crippen LogP contribution in [0, 0.1) is 12.7 Å². The molecule has 2 aliphatic rings. The third-order valence-corrected chi connectivity index (χ3v) is 6.56. The standard InChI is InChI=1S/C25H25FN4O2/c1-16-23-17(2)29(25(32)24(23)30(27-16)20-6-4-3-5-7-20)21-12-13-28(15-21)22(31)14-18-8-10-19(26)11-9-18/h3-11,17,21H,12-15H2,1-2H3. The number of para-hydroxylation sites is 1. The smallest absolute Gasteiger partial charge is 0.273 e. The number of carbonyl (C=O) groups excluding carboxylic acids is 2. The first-order chi connectivity index (χ1) is 15.4. The fourth-order valence-corrected chi connectivity index (χ4v) is 5.00. The SMILES string of the molecule is Cc1nn(-c2ccccc2)c2c1C(C)N(C1CCN(C(=O)Cc3ccc(F)cc3)C1)C2=O. The third-order valence-electron chi connectivity index (χ3n) is 6.56. The van der Waals surface area contributed by atoms with Crippen molar-refractivity contribution in [3.63, 3.8) is 0 Å². The van der Waals surface area contributed by atoms with E-state index in [-0.39, 0.29) is 36.1 Å². The maximum Gasteiger partial charge on any atom is 0.273 e. The summed E-state index contributed by atoms with van der Waals surface area (Å²) < 4.78 is 14.9. The summed E-state index contributed by atoms with van der Waals surface area (Å²) in [5.74, 6) is -0.342. The van der Waals surface area contributed by atoms with Crippen molar-refractivity contribution < 1.29 is 14.0 Å². The van der Waals surface area contributed by atoms with E-state index in [1.165, 1.54) is 12.1 Å². The molecule has 1 saturated heterocycles. The molecule has 0 spiro atoms. The first-order valence-electron chi connectivity index (χ1n) is 10.9. The van der Waals surface area contributed by atoms with Gasteiger partial charge in [0.25, 0.3) is 5.91 Å². The van der Waals surface area contributed by atoms with Gasteiger partial charge in [-0.15, -0.1) is 0 Å². The lowest BCUT2D eigenvalue weighted by molar-refractivity contribution is -0.129. The topological polar surface area (TPSA) is 58.4 Å². The van der Waals surface area contributed by atoms with Crippen LogP contribution in [0.25, 0.3) is 5.69 Å². The molecular weight excluding hydrogens is 407 g/mol. The Morgan fingerprint density at radius 1 is 1.12 bits per heavy atom. The maximum atomic E-state index is 13.5. The van der Waals surface area contributed by atoms with E-state index in [0.29, 0.717) is 18.8 Å². The van der Waals surface area contributed by atoms with Crippen LogP contribution in [0.4, 0.5) is 4.39 Å². The van der Waals surface area contributed by atoms with E-state index in [9.17, 15) is 14.0 Å². The molecule has 0 radical (unpaired) electrons. The number of carbonyl (C=O) groups is 2. The second-order valence-corrected chi connectivity index (χ2v) is 8.57. The molecule has 0 aliphatic carbocycles. The van der Waals surface area contributed by atoms with Gasteiger partial charge in [-0.25, -0.2) is 9.07 Å². The van der Waals surface area contributed by atoms with Crippen molar-refractivity contribution in [3.8, 4) is 5.69 Å². The van der Waals surface area contributed by atoms with E-state index in [4.69, 9.17) is 0 Å². The van der Waals surface area contributed by atoms with Crippen molar-refractivity contribution >= 4 is 11.8 Å². The van der Waals surface area contributed by atoms with Crippen molar-refractivity contribution in [2.75, 3.05) is 13.1 Å². The zero-order valence-corrected chi connectivity index (χ0v) is 18.2. The number of likely N-dealkylation sites (tertiary alicyclic amines) is 1. The quantitative estimate of drug-likeness (QED) is 0.632. The highest BCUT2D eigenvalue weighted by Crippen LogP contribution is 2.39. The van der Waals surface area contributed by atoms with Crippen molar-refractivity contribution in [1.82, 2.24) is 19.6 Å². The number of benzene rings is 2. The minimum atomic E-state index is -0.312. The molecule has 1 aromatic heterocycles. The zero-order chi connectivity index (χ0) is 22.4. The highest BCUT2D eigenvalue weighted by molar-refractivity contribution is 5.99. The van der Waals surface area contributed by atoms with E-state index in [1.807, 2.05) is 54.0 Å². The number of hydrogen-bond donors (Lipinski definition) is 0. The Balaban J connectivity index is 1.34. The second kappa shape index (κ2) is 7.89. The molecule has 2 unspecified atom stereocenters. The molecule has 32 heavy (non-hydrogen) atoms. The Bertz CT molecular complexity index is 1170. The highest BCUT2D eigenvalue weighted by Gasteiger charge is 2.45. The Kier molecular flexibility index (Phi) is 5.04. The lowest BCUT2D eigenvalue weighted by Crippen LogP contribution is -2.41. The number of halogens is 1. The number of amides is 2. The molecule has 164 valence electrons. The predicted octanol–water partition coefficient (Wildman–Crippen LogP) is 3.68. The average molecular weight is 432 g/mol. The van der Waals surface area contributed by atoms with Crippen LogP contribution in [0.3, 0.4) is 0 Å². The molecule has 3 heterocycles. The summed E-state index contributed by atoms with van der Waals surface area (Å²) >= 11 is 0. The molecule has 5 rings (SSSR count). The van der Waals surface area contributed by atoms with E-state index in [0.717, 1.165) is 28.9 Å². The normalized spacial score (nSPS) is 20.2. The van der Waals surface area contributed by atoms with Crippen molar-refractivity contribution in [3.05, 3.63) is 82.9 Å². The molecule has 0 saturated carbocycles. The number of aryl methyl sites for hydroxylation is 1. The largest absolute Gasteiger partial charge is 0.340 e. The fraction of sp³-hybridized carbons (Fsp3) is 0.320. The highest BCUT2D eigenvalue weighted by atomic mass is 19.1. The van der Waals surface area contributed by atoms with Gasteiger partial charge in [-0.1, -0.05) is 30.3 Å². The summed E-state index contributed by atoms with van der Waals surface area (Å²) in [7, 11) is 0. The first kappa shape index (κ1) is 20.4. The Morgan fingerprint density at radius 2 is 1.84 bits per heavy atom. The monoisotopic (exact) mass is 432 g/mol. The summed E-state index contributed by atoms with van der Waals surface area (Å²) in [6, 6.07) is 15.6. The van der Waals surface area contributed by atoms with Gasteiger partial charge in [0.1, 0.15) is 11.5 Å². The lowest BCUT2D eigenvalue weighted by atomic mass is 10.1. The van der Waals surface area contributed by atoms with Gasteiger partial charge in [-0.05, 0) is 50.1 Å². The molecule has 2 atom stereocenters. The van der Waals surface area contributed by atoms with Crippen LogP contribution in [0.1, 0.15) is 46.7 Å². The Morgan fingerprint density at radius 3 is 2.56 bits per heavy atom. The Hall–Kier alpha value is -3.48. The van der Waals surface area contributed by atoms with Crippen LogP contribution < -0.4 is 0 Å². The molecule has 0 N–H and O–H groups in total. The van der Waals surface area contributed by atoms with E-state index in [1.54, 1.807) is 16.8 Å². The molecule has 2 amide bonds. The van der Waals surface area contributed by atoms with Crippen LogP contribution in [-0.4, -0.2) is 50.5 Å². The first-order valence-corrected chi connectivity index (χ1v) is 10.9. The summed E-state index contributed by atoms with van der Waals surface area (Å²) in [6.45, 7) is 5.11. The van der Waals surface area contributed by atoms with Gasteiger partial charge in [-0.2, -0.15) is 5.10 Å². The number of fused-ring (bicyclic) bond motifs is 1. The van der Waals surface area contributed by atoms with E-state index < -0.39 is 0 Å². The zero-order valence-electron chi connectivity index (χ0n) is 18.2. The summed E-state index contributed by atoms with van der Waals surface area (Å²) in [5.41, 5.74) is 4.10. The van der Waals surface area contributed by atoms with Gasteiger partial charge in [-0.3, -0.25) is 9.59 Å². The molecule has 3 aromatic rings. The van der Waals surface area contributed by atoms with Crippen molar-refractivity contribution in [2.45, 2.75) is 38.8 Å². The van der Waals surface area contributed by atoms with Crippen LogP contribution in [-0.2, 0) is 11.2 Å². The number of rotatable bonds is 4. The summed E-state index contributed by atoms with van der Waals surface area (Å²) in [5, 5.41) is 4.64. The van der Waals surface area contributed by atoms with Gasteiger partial charge in [0, 0.05) is 18.7 Å². The van der Waals surface area contributed by atoms with Crippen LogP contribution >= 0.6 is 0 Å². The molecule has 0 bridgehead atoms. The molecule has 1 fully saturated rings. The number of nitrogens with zero attached hydrogens (tertiary/aromatic N) is 4. The average Bonchev–Trinajstić information content (AvgIpc) is 3.47. The lowest BCUT2D eigenvalue weighted by Gasteiger charge is -2.29. The third kappa shape index (κ3) is 3.38. The van der Waals surface area contributed by atoms with Crippen molar-refractivity contribution in [2.24, 2.45) is 0 Å². The minimum absolute atomic E-state index is 0.00237. The minimum Gasteiger partial charge on any atom is -0.340 e.